The van der Waals surface area contributed by atoms with Crippen LogP contribution in [0.1, 0.15) is 27.5 Å². The molecule has 2 aliphatic rings. The topological polar surface area (TPSA) is 88.1 Å². The first-order valence-corrected chi connectivity index (χ1v) is 8.80. The zero-order valence-corrected chi connectivity index (χ0v) is 16.1. The van der Waals surface area contributed by atoms with Crippen LogP contribution in [0.2, 0.25) is 0 Å². The number of nitrogens with zero attached hydrogens (tertiary/aromatic N) is 1. The smallest absolute Gasteiger partial charge is 0.274 e. The van der Waals surface area contributed by atoms with Crippen molar-refractivity contribution >= 4 is 25.3 Å². The van der Waals surface area contributed by atoms with E-state index in [1.54, 1.807) is 23.7 Å². The van der Waals surface area contributed by atoms with Crippen LogP contribution in [0.25, 0.3) is 0 Å². The number of hydrogen-bond acceptors (Lipinski definition) is 5. The molecule has 8 heteroatoms. The number of rotatable bonds is 3. The molecule has 0 aliphatic carbocycles. The molecule has 2 N–H and O–H groups in total. The third-order valence-electron chi connectivity index (χ3n) is 5.00. The zero-order chi connectivity index (χ0) is 18.8. The monoisotopic (exact) mass is 402 g/mol. The fourth-order valence-electron chi connectivity index (χ4n) is 3.37. The molecule has 0 bridgehead atoms. The average Bonchev–Trinajstić information content (AvgIpc) is 2.85. The molecule has 0 spiro atoms. The molecule has 2 aromatic carbocycles. The molecule has 2 amide bonds. The van der Waals surface area contributed by atoms with Gasteiger partial charge in [0.2, 0.25) is 5.91 Å². The van der Waals surface area contributed by atoms with Crippen LogP contribution in [0, 0.1) is 5.92 Å². The first-order valence-electron chi connectivity index (χ1n) is 8.80. The molecule has 28 heavy (non-hydrogen) atoms. The molecule has 2 heterocycles. The van der Waals surface area contributed by atoms with Gasteiger partial charge in [-0.05, 0) is 17.7 Å². The Balaban J connectivity index is 0.00000225. The second-order valence-corrected chi connectivity index (χ2v) is 6.70. The van der Waals surface area contributed by atoms with Crippen molar-refractivity contribution in [2.24, 2.45) is 5.92 Å². The summed E-state index contributed by atoms with van der Waals surface area (Å²) < 4.78 is 11.2. The van der Waals surface area contributed by atoms with Gasteiger partial charge in [0, 0.05) is 11.1 Å². The van der Waals surface area contributed by atoms with Crippen molar-refractivity contribution in [1.82, 2.24) is 10.4 Å². The van der Waals surface area contributed by atoms with Crippen LogP contribution in [-0.4, -0.2) is 41.7 Å². The molecule has 0 saturated carbocycles. The summed E-state index contributed by atoms with van der Waals surface area (Å²) in [4.78, 5) is 26.6. The third kappa shape index (κ3) is 3.84. The van der Waals surface area contributed by atoms with E-state index in [-0.39, 0.29) is 38.0 Å². The second kappa shape index (κ2) is 8.64. The lowest BCUT2D eigenvalue weighted by molar-refractivity contribution is -0.153. The minimum atomic E-state index is -0.607. The maximum Gasteiger partial charge on any atom is 0.274 e. The maximum atomic E-state index is 13.0. The van der Waals surface area contributed by atoms with Crippen LogP contribution >= 0.6 is 13.5 Å². The van der Waals surface area contributed by atoms with Crippen LogP contribution < -0.4 is 10.2 Å². The quantitative estimate of drug-likeness (QED) is 0.606. The Bertz CT molecular complexity index is 857. The van der Waals surface area contributed by atoms with Crippen LogP contribution in [-0.2, 0) is 16.1 Å². The Morgan fingerprint density at radius 3 is 2.46 bits per heavy atom. The fourth-order valence-corrected chi connectivity index (χ4v) is 3.37. The first-order chi connectivity index (χ1) is 13.2. The Labute approximate surface area is 169 Å². The normalized spacial score (nSPS) is 18.6. The van der Waals surface area contributed by atoms with Gasteiger partial charge in [-0.2, -0.15) is 13.5 Å². The molecular formula is C20H22N2O5S. The van der Waals surface area contributed by atoms with E-state index in [2.05, 4.69) is 0 Å². The molecule has 0 radical (unpaired) electrons. The minimum Gasteiger partial charge on any atom is -0.491 e. The summed E-state index contributed by atoms with van der Waals surface area (Å²) in [5.74, 6) is -0.150. The van der Waals surface area contributed by atoms with Gasteiger partial charge < -0.3 is 14.4 Å². The molecule has 1 saturated heterocycles. The maximum absolute atomic E-state index is 13.0. The van der Waals surface area contributed by atoms with Gasteiger partial charge in [0.15, 0.2) is 0 Å². The number of carbonyl (C=O) groups is 2. The van der Waals surface area contributed by atoms with E-state index in [0.717, 1.165) is 11.1 Å². The Hall–Kier alpha value is -2.55. The highest BCUT2D eigenvalue weighted by molar-refractivity contribution is 7.59. The van der Waals surface area contributed by atoms with Gasteiger partial charge in [-0.1, -0.05) is 36.4 Å². The molecule has 2 aromatic rings. The molecule has 0 unspecified atom stereocenters. The number of carbonyl (C=O) groups excluding carboxylic acids is 2. The highest BCUT2D eigenvalue weighted by Gasteiger charge is 2.36. The van der Waals surface area contributed by atoms with Crippen LogP contribution in [0.5, 0.6) is 5.75 Å². The highest BCUT2D eigenvalue weighted by atomic mass is 32.1. The molecular weight excluding hydrogens is 380 g/mol. The van der Waals surface area contributed by atoms with Gasteiger partial charge in [0.25, 0.3) is 5.91 Å². The molecule has 148 valence electrons. The van der Waals surface area contributed by atoms with E-state index >= 15 is 0 Å². The second-order valence-electron chi connectivity index (χ2n) is 6.70. The van der Waals surface area contributed by atoms with Crippen molar-refractivity contribution in [3.8, 4) is 5.75 Å². The van der Waals surface area contributed by atoms with Crippen molar-refractivity contribution in [1.29, 1.82) is 0 Å². The minimum absolute atomic E-state index is 0. The lowest BCUT2D eigenvalue weighted by atomic mass is 10.0. The van der Waals surface area contributed by atoms with Crippen LogP contribution in [0.3, 0.4) is 0 Å². The lowest BCUT2D eigenvalue weighted by Gasteiger charge is -2.35. The summed E-state index contributed by atoms with van der Waals surface area (Å²) in [6.45, 7) is 1.55. The van der Waals surface area contributed by atoms with Crippen molar-refractivity contribution in [3.63, 3.8) is 0 Å². The predicted octanol–water partition coefficient (Wildman–Crippen LogP) is 2.03. The Morgan fingerprint density at radius 1 is 1.07 bits per heavy atom. The average molecular weight is 402 g/mol. The summed E-state index contributed by atoms with van der Waals surface area (Å²) in [5.41, 5.74) is 3.72. The number of benzene rings is 2. The zero-order valence-electron chi connectivity index (χ0n) is 15.1. The lowest BCUT2D eigenvalue weighted by Crippen LogP contribution is -2.46. The summed E-state index contributed by atoms with van der Waals surface area (Å²) in [5, 5.41) is 8.84. The van der Waals surface area contributed by atoms with Crippen molar-refractivity contribution in [2.45, 2.75) is 12.6 Å². The number of nitrogens with one attached hydrogen (secondary N) is 1. The van der Waals surface area contributed by atoms with E-state index in [1.165, 1.54) is 0 Å². The molecule has 2 aliphatic heterocycles. The van der Waals surface area contributed by atoms with E-state index in [0.29, 0.717) is 31.1 Å². The molecule has 1 atom stereocenters. The van der Waals surface area contributed by atoms with Crippen molar-refractivity contribution in [2.75, 3.05) is 19.8 Å². The van der Waals surface area contributed by atoms with Gasteiger partial charge in [0.1, 0.15) is 12.4 Å². The van der Waals surface area contributed by atoms with Gasteiger partial charge in [0.05, 0.1) is 31.7 Å². The van der Waals surface area contributed by atoms with E-state index in [9.17, 15) is 9.59 Å². The van der Waals surface area contributed by atoms with Crippen LogP contribution in [0.15, 0.2) is 48.5 Å². The van der Waals surface area contributed by atoms with Crippen molar-refractivity contribution in [3.05, 3.63) is 65.2 Å². The Morgan fingerprint density at radius 2 is 1.82 bits per heavy atom. The largest absolute Gasteiger partial charge is 0.491 e. The number of hydrogen-bond donors (Lipinski definition) is 2. The summed E-state index contributed by atoms with van der Waals surface area (Å²) in [6.07, 6.45) is 0. The van der Waals surface area contributed by atoms with Gasteiger partial charge in [-0.3, -0.25) is 14.8 Å². The van der Waals surface area contributed by atoms with E-state index in [4.69, 9.17) is 14.7 Å². The summed E-state index contributed by atoms with van der Waals surface area (Å²) in [6, 6.07) is 14.5. The Kier molecular flexibility index (Phi) is 6.23. The summed E-state index contributed by atoms with van der Waals surface area (Å²) >= 11 is 0. The van der Waals surface area contributed by atoms with Crippen LogP contribution in [0.4, 0.5) is 0 Å². The summed E-state index contributed by atoms with van der Waals surface area (Å²) in [7, 11) is 0. The molecule has 0 aromatic heterocycles. The standard InChI is InChI=1S/C20H20N2O5.H2S/c23-19(21-25)14-6-7-15-9-22(20(24)16-10-26-11-16)17(12-27-18(15)8-14)13-4-2-1-3-5-13;/h1-8,16-17,25H,9-12H2,(H,21,23);1H2/t17-;/m1./s1. The number of ether oxygens (including phenoxy) is 2. The highest BCUT2D eigenvalue weighted by Crippen LogP contribution is 2.34. The molecule has 1 fully saturated rings. The fraction of sp³-hybridized carbons (Fsp3) is 0.300. The van der Waals surface area contributed by atoms with Gasteiger partial charge in [-0.25, -0.2) is 5.48 Å². The van der Waals surface area contributed by atoms with E-state index < -0.39 is 5.91 Å². The first kappa shape index (κ1) is 20.2. The molecule has 4 rings (SSSR count). The predicted molar refractivity (Wildman–Crippen MR) is 106 cm³/mol. The molecule has 7 nitrogen and oxygen atoms in total. The van der Waals surface area contributed by atoms with Gasteiger partial charge in [-0.15, -0.1) is 0 Å². The number of hydroxylamine groups is 1. The number of amides is 2. The van der Waals surface area contributed by atoms with Gasteiger partial charge >= 0.3 is 0 Å². The third-order valence-corrected chi connectivity index (χ3v) is 5.00. The number of fused-ring (bicyclic) bond motifs is 1. The van der Waals surface area contributed by atoms with Crippen molar-refractivity contribution < 1.29 is 24.3 Å². The van der Waals surface area contributed by atoms with E-state index in [1.807, 2.05) is 35.2 Å². The SMILES string of the molecule is O=C(NO)c1ccc2c(c1)OC[C@H](c1ccccc1)N(C(=O)C1COC1)C2.S.